The number of nitrogens with one attached hydrogen (secondary N) is 3. The van der Waals surface area contributed by atoms with Crippen LogP contribution in [0.4, 0.5) is 17.1 Å². The van der Waals surface area contributed by atoms with Gasteiger partial charge in [-0.05, 0) is 116 Å². The summed E-state index contributed by atoms with van der Waals surface area (Å²) < 4.78 is 41.2. The van der Waals surface area contributed by atoms with E-state index in [0.29, 0.717) is 37.2 Å². The van der Waals surface area contributed by atoms with Crippen molar-refractivity contribution in [2.75, 3.05) is 56.2 Å². The van der Waals surface area contributed by atoms with E-state index in [0.717, 1.165) is 86.9 Å². The number of hydrogen-bond donors (Lipinski definition) is 3. The Hall–Kier alpha value is -5.48. The molecule has 14 nitrogen and oxygen atoms in total. The zero-order valence-corrected chi connectivity index (χ0v) is 35.2. The second kappa shape index (κ2) is 17.1. The number of fused-ring (bicyclic) bond motifs is 1. The molecule has 1 amide bonds. The van der Waals surface area contributed by atoms with Crippen LogP contribution in [0.2, 0.25) is 5.02 Å². The largest absolute Gasteiger partial charge is 0.455 e. The highest BCUT2D eigenvalue weighted by Gasteiger charge is 2.47. The number of halogens is 1. The number of piperidine rings is 1. The molecule has 16 heteroatoms. The van der Waals surface area contributed by atoms with E-state index < -0.39 is 31.4 Å². The van der Waals surface area contributed by atoms with Crippen LogP contribution in [0.5, 0.6) is 11.5 Å². The highest BCUT2D eigenvalue weighted by molar-refractivity contribution is 7.90. The van der Waals surface area contributed by atoms with Gasteiger partial charge >= 0.3 is 0 Å². The molecule has 1 spiro atoms. The number of benzene rings is 3. The smallest absolute Gasteiger partial charge is 0.293 e. The first-order chi connectivity index (χ1) is 29.5. The zero-order valence-electron chi connectivity index (χ0n) is 33.6. The molecule has 3 fully saturated rings. The molecule has 1 aliphatic carbocycles. The van der Waals surface area contributed by atoms with E-state index in [1.165, 1.54) is 35.9 Å². The molecule has 5 heterocycles. The molecule has 1 atom stereocenters. The van der Waals surface area contributed by atoms with Crippen LogP contribution in [0, 0.1) is 21.4 Å². The zero-order chi connectivity index (χ0) is 42.1. The first-order valence-corrected chi connectivity index (χ1v) is 22.8. The number of sulfonamides is 1. The summed E-state index contributed by atoms with van der Waals surface area (Å²) in [7, 11) is -4.54. The van der Waals surface area contributed by atoms with Crippen LogP contribution in [0.25, 0.3) is 16.6 Å². The molecule has 3 saturated heterocycles. The summed E-state index contributed by atoms with van der Waals surface area (Å²) in [5.41, 5.74) is 4.16. The maximum Gasteiger partial charge on any atom is 0.293 e. The summed E-state index contributed by atoms with van der Waals surface area (Å²) in [4.78, 5) is 37.3. The first-order valence-electron chi connectivity index (χ1n) is 20.9. The van der Waals surface area contributed by atoms with Crippen LogP contribution >= 0.6 is 11.6 Å². The van der Waals surface area contributed by atoms with Crippen LogP contribution in [0.1, 0.15) is 60.9 Å². The third-order valence-electron chi connectivity index (χ3n) is 12.7. The van der Waals surface area contributed by atoms with Crippen molar-refractivity contribution in [3.8, 4) is 11.5 Å². The van der Waals surface area contributed by atoms with E-state index in [-0.39, 0.29) is 28.3 Å². The second-order valence-corrected chi connectivity index (χ2v) is 18.8. The number of nitro groups is 1. The molecule has 318 valence electrons. The lowest BCUT2D eigenvalue weighted by molar-refractivity contribution is -0.384. The maximum absolute atomic E-state index is 13.9. The SMILES string of the molecule is O=C(NS(=O)(=O)c1ccc(NCC2CCOCC2)c([N+](=O)[O-])c1)c1ccc(N2CCC3(CC2)CN(C2CCCC=C2c2ccc(Cl)cc2)C3)cc1Oc1cnc2[nH]ccc2c1. The third-order valence-corrected chi connectivity index (χ3v) is 14.3. The quantitative estimate of drug-likeness (QED) is 0.0812. The van der Waals surface area contributed by atoms with Gasteiger partial charge in [0.1, 0.15) is 22.8 Å². The Morgan fingerprint density at radius 1 is 1.02 bits per heavy atom. The van der Waals surface area contributed by atoms with Crippen LogP contribution in [-0.2, 0) is 14.8 Å². The van der Waals surface area contributed by atoms with E-state index >= 15 is 0 Å². The number of likely N-dealkylation sites (tertiary alicyclic amines) is 1. The second-order valence-electron chi connectivity index (χ2n) is 16.7. The van der Waals surface area contributed by atoms with Crippen LogP contribution in [0.3, 0.4) is 0 Å². The number of ether oxygens (including phenoxy) is 2. The molecule has 9 rings (SSSR count). The minimum Gasteiger partial charge on any atom is -0.455 e. The molecule has 4 aliphatic rings. The Morgan fingerprint density at radius 2 is 1.80 bits per heavy atom. The summed E-state index contributed by atoms with van der Waals surface area (Å²) in [5, 5.41) is 16.7. The van der Waals surface area contributed by atoms with Gasteiger partial charge in [-0.15, -0.1) is 0 Å². The monoisotopic (exact) mass is 865 g/mol. The standard InChI is InChI=1S/C45H48ClN7O7S/c46-33-7-5-31(6-8-33)37-3-1-2-4-40(37)52-28-45(29-52)16-19-51(20-17-45)34-9-11-38(42(24-34)60-35-23-32-13-18-47-43(32)49-27-35)44(54)50-61(57,58)36-10-12-39(41(25-36)53(55)56)48-26-30-14-21-59-22-15-30/h3,5-13,18,23-25,27,30,40,48H,1-2,4,14-17,19-22,26,28-29H2,(H,47,49)(H,50,54). The van der Waals surface area contributed by atoms with E-state index in [1.54, 1.807) is 24.4 Å². The number of H-pyrrole nitrogens is 1. The van der Waals surface area contributed by atoms with Gasteiger partial charge in [0.15, 0.2) is 0 Å². The van der Waals surface area contributed by atoms with Gasteiger partial charge in [0, 0.05) is 86.4 Å². The average molecular weight is 866 g/mol. The summed E-state index contributed by atoms with van der Waals surface area (Å²) in [6, 6.07) is 20.9. The summed E-state index contributed by atoms with van der Waals surface area (Å²) in [6.07, 6.45) is 12.8. The molecule has 0 radical (unpaired) electrons. The van der Waals surface area contributed by atoms with Crippen LogP contribution < -0.4 is 19.7 Å². The van der Waals surface area contributed by atoms with Gasteiger partial charge in [0.05, 0.1) is 21.6 Å². The number of nitro benzene ring substituents is 1. The van der Waals surface area contributed by atoms with Gasteiger partial charge in [-0.3, -0.25) is 19.8 Å². The molecule has 1 unspecified atom stereocenters. The Bertz CT molecular complexity index is 2580. The molecule has 0 bridgehead atoms. The molecule has 3 aromatic carbocycles. The lowest BCUT2D eigenvalue weighted by atomic mass is 9.70. The van der Waals surface area contributed by atoms with Crippen molar-refractivity contribution >= 4 is 61.2 Å². The van der Waals surface area contributed by atoms with Crippen molar-refractivity contribution in [3.05, 3.63) is 118 Å². The molecule has 3 aliphatic heterocycles. The van der Waals surface area contributed by atoms with Gasteiger partial charge in [-0.1, -0.05) is 29.8 Å². The van der Waals surface area contributed by atoms with Gasteiger partial charge in [0.25, 0.3) is 21.6 Å². The van der Waals surface area contributed by atoms with Crippen molar-refractivity contribution in [1.29, 1.82) is 0 Å². The number of aromatic nitrogens is 2. The van der Waals surface area contributed by atoms with Crippen molar-refractivity contribution in [2.24, 2.45) is 11.3 Å². The van der Waals surface area contributed by atoms with Gasteiger partial charge in [0.2, 0.25) is 0 Å². The molecule has 3 N–H and O–H groups in total. The number of pyridine rings is 1. The number of aromatic amines is 1. The summed E-state index contributed by atoms with van der Waals surface area (Å²) >= 11 is 6.20. The number of amides is 1. The lowest BCUT2D eigenvalue weighted by Crippen LogP contribution is -2.63. The fourth-order valence-corrected chi connectivity index (χ4v) is 10.4. The van der Waals surface area contributed by atoms with E-state index in [2.05, 4.69) is 48.0 Å². The fraction of sp³-hybridized carbons (Fsp3) is 0.378. The van der Waals surface area contributed by atoms with Crippen molar-refractivity contribution in [1.82, 2.24) is 19.6 Å². The van der Waals surface area contributed by atoms with Crippen LogP contribution in [0.15, 0.2) is 96.2 Å². The van der Waals surface area contributed by atoms with Crippen molar-refractivity contribution in [2.45, 2.75) is 55.9 Å². The minimum absolute atomic E-state index is 0.0223. The van der Waals surface area contributed by atoms with Crippen LogP contribution in [-0.4, -0.2) is 86.1 Å². The Morgan fingerprint density at radius 3 is 2.57 bits per heavy atom. The number of rotatable bonds is 12. The third kappa shape index (κ3) is 8.83. The van der Waals surface area contributed by atoms with E-state index in [4.69, 9.17) is 21.1 Å². The maximum atomic E-state index is 13.9. The Labute approximate surface area is 359 Å². The summed E-state index contributed by atoms with van der Waals surface area (Å²) in [6.45, 7) is 5.47. The number of carbonyl (C=O) groups is 1. The molecular weight excluding hydrogens is 818 g/mol. The van der Waals surface area contributed by atoms with Crippen molar-refractivity contribution in [3.63, 3.8) is 0 Å². The predicted octanol–water partition coefficient (Wildman–Crippen LogP) is 8.41. The highest BCUT2D eigenvalue weighted by Crippen LogP contribution is 2.46. The molecule has 2 aromatic heterocycles. The molecule has 0 saturated carbocycles. The Balaban J connectivity index is 0.907. The van der Waals surface area contributed by atoms with E-state index in [9.17, 15) is 23.3 Å². The number of nitrogens with zero attached hydrogens (tertiary/aromatic N) is 4. The first kappa shape index (κ1) is 40.9. The number of anilines is 2. The predicted molar refractivity (Wildman–Crippen MR) is 235 cm³/mol. The molecular formula is C45H48ClN7O7S. The van der Waals surface area contributed by atoms with E-state index in [1.807, 2.05) is 24.3 Å². The van der Waals surface area contributed by atoms with Gasteiger partial charge < -0.3 is 24.7 Å². The number of carbonyl (C=O) groups excluding carboxylic acids is 1. The normalized spacial score (nSPS) is 19.6. The highest BCUT2D eigenvalue weighted by atomic mass is 35.5. The minimum atomic E-state index is -4.54. The number of hydrogen-bond acceptors (Lipinski definition) is 11. The topological polar surface area (TPSA) is 172 Å². The van der Waals surface area contributed by atoms with Gasteiger partial charge in [-0.25, -0.2) is 18.1 Å². The fourth-order valence-electron chi connectivity index (χ4n) is 9.29. The Kier molecular flexibility index (Phi) is 11.5. The molecule has 5 aromatic rings. The van der Waals surface area contributed by atoms with Gasteiger partial charge in [-0.2, -0.15) is 0 Å². The number of allylic oxidation sites excluding steroid dienone is 1. The van der Waals surface area contributed by atoms with Crippen molar-refractivity contribution < 1.29 is 27.6 Å². The average Bonchev–Trinajstić information content (AvgIpc) is 3.73. The lowest BCUT2D eigenvalue weighted by Gasteiger charge is -2.57. The molecule has 61 heavy (non-hydrogen) atoms. The summed E-state index contributed by atoms with van der Waals surface area (Å²) in [5.74, 6) is -0.153.